The summed E-state index contributed by atoms with van der Waals surface area (Å²) in [5.41, 5.74) is 13.5. The topological polar surface area (TPSA) is 84.1 Å². The minimum absolute atomic E-state index is 0. The van der Waals surface area contributed by atoms with E-state index in [9.17, 15) is 4.79 Å². The average Bonchev–Trinajstić information content (AvgIpc) is 3.58. The lowest BCUT2D eigenvalue weighted by molar-refractivity contribution is -0.117. The zero-order valence-corrected chi connectivity index (χ0v) is 19.5. The van der Waals surface area contributed by atoms with Crippen molar-refractivity contribution in [3.8, 4) is 11.1 Å². The third-order valence-corrected chi connectivity index (χ3v) is 7.07. The van der Waals surface area contributed by atoms with Crippen LogP contribution in [0.3, 0.4) is 0 Å². The van der Waals surface area contributed by atoms with Crippen LogP contribution in [-0.2, 0) is 17.6 Å². The lowest BCUT2D eigenvalue weighted by atomic mass is 9.91. The summed E-state index contributed by atoms with van der Waals surface area (Å²) in [5.74, 6) is 0.859. The summed E-state index contributed by atoms with van der Waals surface area (Å²) < 4.78 is 0. The molecule has 1 atom stereocenters. The van der Waals surface area contributed by atoms with Gasteiger partial charge in [-0.25, -0.2) is 4.98 Å². The molecule has 0 spiro atoms. The number of aromatic nitrogens is 2. The molecule has 1 aromatic carbocycles. The first-order valence-corrected chi connectivity index (χ1v) is 11.9. The predicted molar refractivity (Wildman–Crippen MR) is 135 cm³/mol. The zero-order valence-electron chi connectivity index (χ0n) is 18.7. The Labute approximate surface area is 200 Å². The Kier molecular flexibility index (Phi) is 5.97. The van der Waals surface area contributed by atoms with Crippen molar-refractivity contribution in [1.29, 1.82) is 0 Å². The van der Waals surface area contributed by atoms with Crippen molar-refractivity contribution in [2.24, 2.45) is 11.7 Å². The number of benzene rings is 1. The average molecular weight is 464 g/mol. The number of nitrogens with one attached hydrogen (secondary N) is 1. The minimum Gasteiger partial charge on any atom is -0.369 e. The normalized spacial score (nSPS) is 19.8. The first kappa shape index (κ1) is 22.1. The maximum Gasteiger partial charge on any atom is 0.228 e. The van der Waals surface area contributed by atoms with Gasteiger partial charge in [0.15, 0.2) is 0 Å². The molecule has 3 heterocycles. The second kappa shape index (κ2) is 8.92. The van der Waals surface area contributed by atoms with Crippen LogP contribution < -0.4 is 16.0 Å². The second-order valence-electron chi connectivity index (χ2n) is 9.51. The molecule has 2 aromatic heterocycles. The standard InChI is InChI=1S/C26H29N5O.ClH/c27-19-10-12-31(15-19)25-20-3-1-2-4-22(20)29-23-8-7-17(13-21(23)25)18-9-11-28-24(14-18)30-26(32)16-5-6-16;/h7-9,11,13-14,16,19H,1-6,10,12,15,27H2,(H,28,30,32);1H/t19-;/m0./s1. The van der Waals surface area contributed by atoms with Crippen LogP contribution in [0.25, 0.3) is 22.0 Å². The number of nitrogens with two attached hydrogens (primary N) is 1. The highest BCUT2D eigenvalue weighted by atomic mass is 35.5. The maximum absolute atomic E-state index is 12.2. The molecule has 2 aliphatic carbocycles. The molecule has 6 rings (SSSR count). The summed E-state index contributed by atoms with van der Waals surface area (Å²) in [6.07, 6.45) is 9.37. The molecule has 3 N–H and O–H groups in total. The van der Waals surface area contributed by atoms with E-state index in [0.717, 1.165) is 61.8 Å². The van der Waals surface area contributed by atoms with Crippen LogP contribution in [0.5, 0.6) is 0 Å². The number of carbonyl (C=O) groups is 1. The van der Waals surface area contributed by atoms with E-state index in [0.29, 0.717) is 5.82 Å². The van der Waals surface area contributed by atoms with E-state index in [2.05, 4.69) is 33.4 Å². The van der Waals surface area contributed by atoms with Crippen LogP contribution in [0, 0.1) is 5.92 Å². The largest absolute Gasteiger partial charge is 0.369 e. The Morgan fingerprint density at radius 3 is 2.67 bits per heavy atom. The molecule has 3 aromatic rings. The Bertz CT molecular complexity index is 1210. The number of rotatable bonds is 4. The molecule has 33 heavy (non-hydrogen) atoms. The van der Waals surface area contributed by atoms with Crippen molar-refractivity contribution in [3.63, 3.8) is 0 Å². The van der Waals surface area contributed by atoms with Crippen LogP contribution in [0.4, 0.5) is 11.5 Å². The minimum atomic E-state index is 0. The fourth-order valence-corrected chi connectivity index (χ4v) is 5.18. The number of halogens is 1. The SMILES string of the molecule is Cl.N[C@H]1CCN(c2c3c(nc4ccc(-c5ccnc(NC(=O)C6CC6)c5)cc24)CCCC3)C1. The molecule has 1 aliphatic heterocycles. The molecule has 1 saturated carbocycles. The van der Waals surface area contributed by atoms with Gasteiger partial charge < -0.3 is 16.0 Å². The molecule has 3 aliphatic rings. The summed E-state index contributed by atoms with van der Waals surface area (Å²) in [6, 6.07) is 10.7. The van der Waals surface area contributed by atoms with Crippen molar-refractivity contribution in [2.75, 3.05) is 23.3 Å². The maximum atomic E-state index is 12.2. The van der Waals surface area contributed by atoms with E-state index in [-0.39, 0.29) is 30.3 Å². The molecular weight excluding hydrogens is 434 g/mol. The van der Waals surface area contributed by atoms with Crippen molar-refractivity contribution < 1.29 is 4.79 Å². The molecule has 0 radical (unpaired) electrons. The van der Waals surface area contributed by atoms with Gasteiger partial charge in [0.2, 0.25) is 5.91 Å². The highest BCUT2D eigenvalue weighted by Gasteiger charge is 2.30. The fraction of sp³-hybridized carbons (Fsp3) is 0.423. The van der Waals surface area contributed by atoms with Crippen molar-refractivity contribution in [3.05, 3.63) is 47.8 Å². The molecule has 0 bridgehead atoms. The Hall–Kier alpha value is -2.70. The summed E-state index contributed by atoms with van der Waals surface area (Å²) in [5, 5.41) is 4.17. The van der Waals surface area contributed by atoms with Crippen molar-refractivity contribution in [2.45, 2.75) is 51.0 Å². The van der Waals surface area contributed by atoms with E-state index < -0.39 is 0 Å². The van der Waals surface area contributed by atoms with E-state index in [1.807, 2.05) is 12.1 Å². The third-order valence-electron chi connectivity index (χ3n) is 7.07. The van der Waals surface area contributed by atoms with E-state index in [4.69, 9.17) is 10.7 Å². The number of hydrogen-bond acceptors (Lipinski definition) is 5. The van der Waals surface area contributed by atoms with Gasteiger partial charge in [0.1, 0.15) is 5.82 Å². The van der Waals surface area contributed by atoms with Crippen molar-refractivity contribution >= 4 is 40.7 Å². The van der Waals surface area contributed by atoms with Gasteiger partial charge in [-0.3, -0.25) is 9.78 Å². The van der Waals surface area contributed by atoms with Gasteiger partial charge in [-0.2, -0.15) is 0 Å². The van der Waals surface area contributed by atoms with E-state index in [1.165, 1.54) is 35.2 Å². The first-order valence-electron chi connectivity index (χ1n) is 11.9. The molecular formula is C26H30ClN5O. The van der Waals surface area contributed by atoms with Crippen LogP contribution in [0.1, 0.15) is 43.4 Å². The number of carbonyl (C=O) groups excluding carboxylic acids is 1. The lowest BCUT2D eigenvalue weighted by Gasteiger charge is -2.28. The fourth-order valence-electron chi connectivity index (χ4n) is 5.18. The van der Waals surface area contributed by atoms with Crippen LogP contribution in [0.2, 0.25) is 0 Å². The Morgan fingerprint density at radius 2 is 1.88 bits per heavy atom. The number of nitrogens with zero attached hydrogens (tertiary/aromatic N) is 3. The quantitative estimate of drug-likeness (QED) is 0.595. The van der Waals surface area contributed by atoms with Crippen LogP contribution in [-0.4, -0.2) is 35.0 Å². The monoisotopic (exact) mass is 463 g/mol. The predicted octanol–water partition coefficient (Wildman–Crippen LogP) is 4.48. The van der Waals surface area contributed by atoms with Crippen molar-refractivity contribution in [1.82, 2.24) is 9.97 Å². The Morgan fingerprint density at radius 1 is 1.06 bits per heavy atom. The van der Waals surface area contributed by atoms with E-state index >= 15 is 0 Å². The number of fused-ring (bicyclic) bond motifs is 2. The summed E-state index contributed by atoms with van der Waals surface area (Å²) in [4.78, 5) is 24.1. The lowest BCUT2D eigenvalue weighted by Crippen LogP contribution is -2.28. The van der Waals surface area contributed by atoms with Gasteiger partial charge in [-0.15, -0.1) is 12.4 Å². The van der Waals surface area contributed by atoms with Gasteiger partial charge in [0.05, 0.1) is 11.2 Å². The zero-order chi connectivity index (χ0) is 21.7. The number of anilines is 2. The molecule has 1 amide bonds. The molecule has 2 fully saturated rings. The highest BCUT2D eigenvalue weighted by molar-refractivity contribution is 5.98. The second-order valence-corrected chi connectivity index (χ2v) is 9.51. The molecule has 6 nitrogen and oxygen atoms in total. The molecule has 7 heteroatoms. The Balaban J connectivity index is 0.00000228. The summed E-state index contributed by atoms with van der Waals surface area (Å²) >= 11 is 0. The van der Waals surface area contributed by atoms with Gasteiger partial charge in [-0.05, 0) is 85.9 Å². The molecule has 172 valence electrons. The molecule has 0 unspecified atom stereocenters. The molecule has 1 saturated heterocycles. The third kappa shape index (κ3) is 4.30. The smallest absolute Gasteiger partial charge is 0.228 e. The number of amides is 1. The summed E-state index contributed by atoms with van der Waals surface area (Å²) in [7, 11) is 0. The first-order chi connectivity index (χ1) is 15.7. The number of aryl methyl sites for hydroxylation is 1. The highest BCUT2D eigenvalue weighted by Crippen LogP contribution is 2.39. The number of hydrogen-bond donors (Lipinski definition) is 2. The van der Waals surface area contributed by atoms with Crippen LogP contribution >= 0.6 is 12.4 Å². The van der Waals surface area contributed by atoms with Gasteiger partial charge in [0, 0.05) is 42.3 Å². The number of pyridine rings is 2. The van der Waals surface area contributed by atoms with Gasteiger partial charge >= 0.3 is 0 Å². The van der Waals surface area contributed by atoms with E-state index in [1.54, 1.807) is 6.20 Å². The summed E-state index contributed by atoms with van der Waals surface area (Å²) in [6.45, 7) is 1.91. The van der Waals surface area contributed by atoms with Gasteiger partial charge in [0.25, 0.3) is 0 Å². The van der Waals surface area contributed by atoms with Crippen LogP contribution in [0.15, 0.2) is 36.5 Å². The van der Waals surface area contributed by atoms with Gasteiger partial charge in [-0.1, -0.05) is 6.07 Å².